The maximum atomic E-state index is 13.1. The number of pyridine rings is 1. The second kappa shape index (κ2) is 11.0. The number of piperidine rings is 1. The van der Waals surface area contributed by atoms with Crippen LogP contribution in [-0.2, 0) is 20.5 Å². The molecule has 7 nitrogen and oxygen atoms in total. The minimum absolute atomic E-state index is 0.147. The van der Waals surface area contributed by atoms with Gasteiger partial charge in [-0.1, -0.05) is 65.7 Å². The summed E-state index contributed by atoms with van der Waals surface area (Å²) in [7, 11) is 0. The van der Waals surface area contributed by atoms with Gasteiger partial charge >= 0.3 is 0 Å². The zero-order chi connectivity index (χ0) is 26.8. The van der Waals surface area contributed by atoms with Crippen LogP contribution in [0.25, 0.3) is 0 Å². The monoisotopic (exact) mass is 552 g/mol. The van der Waals surface area contributed by atoms with E-state index in [4.69, 9.17) is 33.7 Å². The van der Waals surface area contributed by atoms with Gasteiger partial charge in [-0.15, -0.1) is 0 Å². The number of carbonyl (C=O) groups is 2. The van der Waals surface area contributed by atoms with Crippen molar-refractivity contribution in [3.8, 4) is 0 Å². The van der Waals surface area contributed by atoms with Crippen molar-refractivity contribution < 1.29 is 14.3 Å². The molecule has 0 saturated carbocycles. The number of aromatic nitrogens is 1. The molecule has 1 atom stereocenters. The lowest BCUT2D eigenvalue weighted by Gasteiger charge is -2.41. The van der Waals surface area contributed by atoms with Crippen LogP contribution in [0, 0.1) is 0 Å². The Morgan fingerprint density at radius 2 is 1.68 bits per heavy atom. The minimum Gasteiger partial charge on any atom is -0.369 e. The Morgan fingerprint density at radius 3 is 2.34 bits per heavy atom. The summed E-state index contributed by atoms with van der Waals surface area (Å²) in [5, 5.41) is 0.901. The molecule has 2 saturated heterocycles. The van der Waals surface area contributed by atoms with Crippen molar-refractivity contribution in [3.63, 3.8) is 0 Å². The van der Waals surface area contributed by atoms with Crippen molar-refractivity contribution in [3.05, 3.63) is 99.8 Å². The van der Waals surface area contributed by atoms with Crippen molar-refractivity contribution in [1.82, 2.24) is 14.8 Å². The lowest BCUT2D eigenvalue weighted by atomic mass is 9.72. The first kappa shape index (κ1) is 26.6. The van der Waals surface area contributed by atoms with E-state index >= 15 is 0 Å². The molecule has 2 amide bonds. The first-order chi connectivity index (χ1) is 18.3. The van der Waals surface area contributed by atoms with E-state index in [-0.39, 0.29) is 18.5 Å². The maximum Gasteiger partial charge on any atom is 0.274 e. The predicted molar refractivity (Wildman–Crippen MR) is 147 cm³/mol. The highest BCUT2D eigenvalue weighted by molar-refractivity contribution is 6.42. The van der Waals surface area contributed by atoms with Crippen molar-refractivity contribution in [2.75, 3.05) is 32.9 Å². The van der Waals surface area contributed by atoms with Crippen molar-refractivity contribution in [2.24, 2.45) is 5.73 Å². The average Bonchev–Trinajstić information content (AvgIpc) is 3.40. The molecule has 0 unspecified atom stereocenters. The third-order valence-electron chi connectivity index (χ3n) is 7.90. The van der Waals surface area contributed by atoms with Gasteiger partial charge in [0.15, 0.2) is 0 Å². The number of hydrogen-bond acceptors (Lipinski definition) is 5. The molecule has 5 rings (SSSR count). The molecule has 2 aliphatic heterocycles. The Hall–Kier alpha value is -2.97. The highest BCUT2D eigenvalue weighted by atomic mass is 35.5. The summed E-state index contributed by atoms with van der Waals surface area (Å²) in [6.45, 7) is 2.69. The van der Waals surface area contributed by atoms with Crippen LogP contribution in [0.5, 0.6) is 0 Å². The Bertz CT molecular complexity index is 1300. The standard InChI is InChI=1S/C29H30Cl2N4O3/c30-23-10-9-22(18-24(23)31)29(19-35(20-38-29)26(36)25-8-4-5-14-33-25)13-17-34-15-11-28(12-16-34,27(32)37)21-6-2-1-3-7-21/h1-10,14,18H,11-13,15-17,19-20H2,(H2,32,37)/t29-/m0/s1. The molecule has 38 heavy (non-hydrogen) atoms. The fourth-order valence-electron chi connectivity index (χ4n) is 5.56. The second-order valence-electron chi connectivity index (χ2n) is 10.0. The minimum atomic E-state index is -0.754. The van der Waals surface area contributed by atoms with Crippen LogP contribution in [0.3, 0.4) is 0 Å². The van der Waals surface area contributed by atoms with Gasteiger partial charge in [-0.3, -0.25) is 14.6 Å². The van der Waals surface area contributed by atoms with Crippen molar-refractivity contribution >= 4 is 35.0 Å². The van der Waals surface area contributed by atoms with Crippen LogP contribution in [0.4, 0.5) is 0 Å². The number of nitrogens with two attached hydrogens (primary N) is 1. The molecule has 9 heteroatoms. The Kier molecular flexibility index (Phi) is 7.73. The van der Waals surface area contributed by atoms with Gasteiger partial charge in [0, 0.05) is 12.7 Å². The Morgan fingerprint density at radius 1 is 0.947 bits per heavy atom. The van der Waals surface area contributed by atoms with E-state index in [0.717, 1.165) is 30.8 Å². The highest BCUT2D eigenvalue weighted by Crippen LogP contribution is 2.40. The van der Waals surface area contributed by atoms with Crippen molar-refractivity contribution in [1.29, 1.82) is 0 Å². The topological polar surface area (TPSA) is 88.8 Å². The molecular formula is C29H30Cl2N4O3. The molecule has 0 spiro atoms. The lowest BCUT2D eigenvalue weighted by molar-refractivity contribution is -0.125. The number of ether oxygens (including phenoxy) is 1. The lowest BCUT2D eigenvalue weighted by Crippen LogP contribution is -2.50. The summed E-state index contributed by atoms with van der Waals surface area (Å²) in [6, 6.07) is 20.6. The summed E-state index contributed by atoms with van der Waals surface area (Å²) < 4.78 is 6.39. The molecule has 2 aromatic carbocycles. The number of carbonyl (C=O) groups excluding carboxylic acids is 2. The largest absolute Gasteiger partial charge is 0.369 e. The molecule has 198 valence electrons. The van der Waals surface area contributed by atoms with Gasteiger partial charge < -0.3 is 20.3 Å². The summed E-state index contributed by atoms with van der Waals surface area (Å²) in [5.74, 6) is -0.460. The van der Waals surface area contributed by atoms with E-state index in [1.807, 2.05) is 42.5 Å². The quantitative estimate of drug-likeness (QED) is 0.461. The number of rotatable bonds is 7. The molecule has 2 fully saturated rings. The van der Waals surface area contributed by atoms with Gasteiger partial charge in [0.25, 0.3) is 5.91 Å². The maximum absolute atomic E-state index is 13.1. The Labute approximate surface area is 232 Å². The molecular weight excluding hydrogens is 523 g/mol. The first-order valence-corrected chi connectivity index (χ1v) is 13.5. The van der Waals surface area contributed by atoms with Crippen LogP contribution < -0.4 is 5.73 Å². The Balaban J connectivity index is 1.33. The van der Waals surface area contributed by atoms with Crippen LogP contribution >= 0.6 is 23.2 Å². The van der Waals surface area contributed by atoms with Gasteiger partial charge in [-0.25, -0.2) is 0 Å². The fourth-order valence-corrected chi connectivity index (χ4v) is 5.86. The fraction of sp³-hybridized carbons (Fsp3) is 0.345. The molecule has 3 aromatic rings. The second-order valence-corrected chi connectivity index (χ2v) is 10.8. The van der Waals surface area contributed by atoms with E-state index in [1.54, 1.807) is 35.4 Å². The zero-order valence-corrected chi connectivity index (χ0v) is 22.5. The number of hydrogen-bond donors (Lipinski definition) is 1. The molecule has 2 N–H and O–H groups in total. The van der Waals surface area contributed by atoms with Crippen LogP contribution in [-0.4, -0.2) is 59.5 Å². The molecule has 0 bridgehead atoms. The molecule has 0 radical (unpaired) electrons. The van der Waals surface area contributed by atoms with Crippen LogP contribution in [0.15, 0.2) is 72.9 Å². The number of likely N-dealkylation sites (tertiary alicyclic amines) is 1. The zero-order valence-electron chi connectivity index (χ0n) is 21.0. The van der Waals surface area contributed by atoms with Crippen LogP contribution in [0.1, 0.15) is 40.9 Å². The predicted octanol–water partition coefficient (Wildman–Crippen LogP) is 4.62. The molecule has 1 aromatic heterocycles. The molecule has 3 heterocycles. The summed E-state index contributed by atoms with van der Waals surface area (Å²) in [6.07, 6.45) is 3.54. The van der Waals surface area contributed by atoms with Gasteiger partial charge in [-0.05, 0) is 67.7 Å². The third-order valence-corrected chi connectivity index (χ3v) is 8.64. The van der Waals surface area contributed by atoms with Gasteiger partial charge in [0.05, 0.1) is 22.0 Å². The van der Waals surface area contributed by atoms with Gasteiger partial charge in [0.2, 0.25) is 5.91 Å². The number of amides is 2. The third kappa shape index (κ3) is 5.16. The van der Waals surface area contributed by atoms with E-state index < -0.39 is 11.0 Å². The average molecular weight is 553 g/mol. The SMILES string of the molecule is NC(=O)C1(c2ccccc2)CCN(CC[C@@]2(c3ccc(Cl)c(Cl)c3)CN(C(=O)c3ccccn3)CO2)CC1. The first-order valence-electron chi connectivity index (χ1n) is 12.7. The summed E-state index contributed by atoms with van der Waals surface area (Å²) in [5.41, 5.74) is 6.73. The van der Waals surface area contributed by atoms with E-state index in [0.29, 0.717) is 41.5 Å². The van der Waals surface area contributed by atoms with E-state index in [9.17, 15) is 9.59 Å². The van der Waals surface area contributed by atoms with E-state index in [1.165, 1.54) is 0 Å². The summed E-state index contributed by atoms with van der Waals surface area (Å²) >= 11 is 12.6. The van der Waals surface area contributed by atoms with Crippen LogP contribution in [0.2, 0.25) is 10.0 Å². The smallest absolute Gasteiger partial charge is 0.274 e. The number of benzene rings is 2. The number of halogens is 2. The van der Waals surface area contributed by atoms with E-state index in [2.05, 4.69) is 9.88 Å². The molecule has 2 aliphatic rings. The molecule has 0 aliphatic carbocycles. The number of nitrogens with zero attached hydrogens (tertiary/aromatic N) is 3. The summed E-state index contributed by atoms with van der Waals surface area (Å²) in [4.78, 5) is 33.9. The number of primary amides is 1. The highest BCUT2D eigenvalue weighted by Gasteiger charge is 2.45. The van der Waals surface area contributed by atoms with Crippen molar-refractivity contribution in [2.45, 2.75) is 30.3 Å². The van der Waals surface area contributed by atoms with Gasteiger partial charge in [0.1, 0.15) is 18.0 Å². The van der Waals surface area contributed by atoms with Gasteiger partial charge in [-0.2, -0.15) is 0 Å². The normalized spacial score (nSPS) is 21.4.